The second-order valence-corrected chi connectivity index (χ2v) is 8.89. The van der Waals surface area contributed by atoms with E-state index in [-0.39, 0.29) is 0 Å². The van der Waals surface area contributed by atoms with Crippen molar-refractivity contribution >= 4 is 16.6 Å². The van der Waals surface area contributed by atoms with E-state index < -0.39 is 0 Å². The van der Waals surface area contributed by atoms with E-state index in [2.05, 4.69) is 39.2 Å². The molecular weight excluding hydrogens is 388 g/mol. The van der Waals surface area contributed by atoms with Crippen LogP contribution in [-0.2, 0) is 0 Å². The van der Waals surface area contributed by atoms with Crippen LogP contribution in [0.2, 0.25) is 0 Å². The Labute approximate surface area is 186 Å². The minimum atomic E-state index is 0.506. The summed E-state index contributed by atoms with van der Waals surface area (Å²) in [5.74, 6) is 1.57. The Balaban J connectivity index is 1.40. The van der Waals surface area contributed by atoms with Crippen molar-refractivity contribution in [3.05, 3.63) is 24.4 Å². The number of pyridine rings is 1. The van der Waals surface area contributed by atoms with E-state index in [1.165, 1.54) is 64.8 Å². The first kappa shape index (κ1) is 22.2. The number of nitrogens with one attached hydrogen (secondary N) is 1. The molecule has 1 N–H and O–H groups in total. The van der Waals surface area contributed by atoms with E-state index >= 15 is 0 Å². The number of likely N-dealkylation sites (tertiary alicyclic amines) is 2. The van der Waals surface area contributed by atoms with Crippen LogP contribution in [0.3, 0.4) is 0 Å². The maximum atomic E-state index is 6.10. The fraction of sp³-hybridized carbons (Fsp3) is 0.640. The van der Waals surface area contributed by atoms with Gasteiger partial charge < -0.3 is 24.6 Å². The third-order valence-corrected chi connectivity index (χ3v) is 6.59. The normalized spacial score (nSPS) is 18.5. The molecule has 4 rings (SSSR count). The zero-order valence-corrected chi connectivity index (χ0v) is 19.2. The summed E-state index contributed by atoms with van der Waals surface area (Å²) in [6.45, 7) is 10.1. The Morgan fingerprint density at radius 2 is 1.81 bits per heavy atom. The number of nitrogens with zero attached hydrogens (tertiary/aromatic N) is 3. The summed E-state index contributed by atoms with van der Waals surface area (Å²) in [5.41, 5.74) is 2.08. The standard InChI is InChI=1S/C25H38N4O2/c1-3-11-28-15-8-20(9-16-28)27-22-7-10-26-23-19-25(24(30-2)18-21(22)23)31-17-6-14-29-12-4-5-13-29/h7,10,18-20H,3-6,8-9,11-17H2,1-2H3,(H,26,27). The van der Waals surface area contributed by atoms with Gasteiger partial charge in [0.2, 0.25) is 0 Å². The summed E-state index contributed by atoms with van der Waals surface area (Å²) in [4.78, 5) is 9.70. The highest BCUT2D eigenvalue weighted by Gasteiger charge is 2.20. The topological polar surface area (TPSA) is 49.9 Å². The molecule has 0 saturated carbocycles. The molecule has 3 heterocycles. The van der Waals surface area contributed by atoms with Gasteiger partial charge in [0.15, 0.2) is 11.5 Å². The Kier molecular flexibility index (Phi) is 7.86. The highest BCUT2D eigenvalue weighted by molar-refractivity contribution is 5.93. The molecule has 0 unspecified atom stereocenters. The van der Waals surface area contributed by atoms with Crippen molar-refractivity contribution in [1.82, 2.24) is 14.8 Å². The lowest BCUT2D eigenvalue weighted by Gasteiger charge is -2.32. The third kappa shape index (κ3) is 5.80. The SMILES string of the molecule is CCCN1CCC(Nc2ccnc3cc(OCCCN4CCCC4)c(OC)cc23)CC1. The number of methoxy groups -OCH3 is 1. The Morgan fingerprint density at radius 3 is 2.55 bits per heavy atom. The molecule has 2 aliphatic heterocycles. The summed E-state index contributed by atoms with van der Waals surface area (Å²) in [5, 5.41) is 4.87. The molecule has 0 aliphatic carbocycles. The number of rotatable bonds is 10. The van der Waals surface area contributed by atoms with Gasteiger partial charge in [-0.1, -0.05) is 6.92 Å². The van der Waals surface area contributed by atoms with E-state index in [1.54, 1.807) is 7.11 Å². The van der Waals surface area contributed by atoms with Crippen molar-refractivity contribution in [3.8, 4) is 11.5 Å². The summed E-state index contributed by atoms with van der Waals surface area (Å²) in [6.07, 6.45) is 9.18. The highest BCUT2D eigenvalue weighted by atomic mass is 16.5. The summed E-state index contributed by atoms with van der Waals surface area (Å²) < 4.78 is 11.8. The Hall–Kier alpha value is -2.05. The van der Waals surface area contributed by atoms with E-state index in [1.807, 2.05) is 12.3 Å². The fourth-order valence-electron chi connectivity index (χ4n) is 4.87. The van der Waals surface area contributed by atoms with Crippen molar-refractivity contribution in [2.45, 2.75) is 51.5 Å². The van der Waals surface area contributed by atoms with Crippen LogP contribution in [0.1, 0.15) is 45.4 Å². The molecule has 2 aromatic rings. The van der Waals surface area contributed by atoms with Gasteiger partial charge in [-0.2, -0.15) is 0 Å². The monoisotopic (exact) mass is 426 g/mol. The molecule has 0 bridgehead atoms. The maximum absolute atomic E-state index is 6.10. The third-order valence-electron chi connectivity index (χ3n) is 6.59. The van der Waals surface area contributed by atoms with Crippen LogP contribution in [0.4, 0.5) is 5.69 Å². The van der Waals surface area contributed by atoms with Crippen molar-refractivity contribution in [3.63, 3.8) is 0 Å². The van der Waals surface area contributed by atoms with Gasteiger partial charge in [0.1, 0.15) is 0 Å². The molecule has 2 aliphatic rings. The second-order valence-electron chi connectivity index (χ2n) is 8.89. The predicted molar refractivity (Wildman–Crippen MR) is 127 cm³/mol. The van der Waals surface area contributed by atoms with Crippen molar-refractivity contribution < 1.29 is 9.47 Å². The van der Waals surface area contributed by atoms with Gasteiger partial charge in [-0.3, -0.25) is 4.98 Å². The number of hydrogen-bond acceptors (Lipinski definition) is 6. The molecule has 0 radical (unpaired) electrons. The lowest BCUT2D eigenvalue weighted by molar-refractivity contribution is 0.219. The predicted octanol–water partition coefficient (Wildman–Crippen LogP) is 4.39. The van der Waals surface area contributed by atoms with Crippen LogP contribution < -0.4 is 14.8 Å². The highest BCUT2D eigenvalue weighted by Crippen LogP contribution is 2.35. The number of anilines is 1. The van der Waals surface area contributed by atoms with Gasteiger partial charge in [-0.25, -0.2) is 0 Å². The average Bonchev–Trinajstić information content (AvgIpc) is 3.31. The van der Waals surface area contributed by atoms with E-state index in [0.29, 0.717) is 12.6 Å². The van der Waals surface area contributed by atoms with E-state index in [4.69, 9.17) is 9.47 Å². The largest absolute Gasteiger partial charge is 0.493 e. The summed E-state index contributed by atoms with van der Waals surface area (Å²) in [7, 11) is 1.71. The lowest BCUT2D eigenvalue weighted by atomic mass is 10.0. The molecule has 0 amide bonds. The molecule has 2 fully saturated rings. The molecule has 6 nitrogen and oxygen atoms in total. The first-order valence-corrected chi connectivity index (χ1v) is 12.1. The minimum absolute atomic E-state index is 0.506. The van der Waals surface area contributed by atoms with Crippen LogP contribution in [0, 0.1) is 0 Å². The molecule has 2 saturated heterocycles. The van der Waals surface area contributed by atoms with Crippen LogP contribution >= 0.6 is 0 Å². The van der Waals surface area contributed by atoms with Gasteiger partial charge in [0, 0.05) is 49.0 Å². The van der Waals surface area contributed by atoms with Gasteiger partial charge in [-0.15, -0.1) is 0 Å². The molecular formula is C25H38N4O2. The van der Waals surface area contributed by atoms with Gasteiger partial charge in [0.25, 0.3) is 0 Å². The number of ether oxygens (including phenoxy) is 2. The molecule has 0 spiro atoms. The first-order chi connectivity index (χ1) is 15.3. The smallest absolute Gasteiger partial charge is 0.163 e. The first-order valence-electron chi connectivity index (χ1n) is 12.1. The minimum Gasteiger partial charge on any atom is -0.493 e. The van der Waals surface area contributed by atoms with Crippen LogP contribution in [-0.4, -0.2) is 73.8 Å². The van der Waals surface area contributed by atoms with Gasteiger partial charge in [0.05, 0.1) is 19.2 Å². The zero-order chi connectivity index (χ0) is 21.5. The summed E-state index contributed by atoms with van der Waals surface area (Å²) in [6, 6.07) is 6.69. The number of piperidine rings is 1. The van der Waals surface area contributed by atoms with Crippen molar-refractivity contribution in [2.24, 2.45) is 0 Å². The fourth-order valence-corrected chi connectivity index (χ4v) is 4.87. The number of hydrogen-bond donors (Lipinski definition) is 1. The zero-order valence-electron chi connectivity index (χ0n) is 19.2. The molecule has 31 heavy (non-hydrogen) atoms. The number of benzene rings is 1. The molecule has 1 aromatic heterocycles. The Morgan fingerprint density at radius 1 is 1.03 bits per heavy atom. The van der Waals surface area contributed by atoms with Crippen LogP contribution in [0.25, 0.3) is 10.9 Å². The molecule has 0 atom stereocenters. The van der Waals surface area contributed by atoms with Crippen LogP contribution in [0.15, 0.2) is 24.4 Å². The lowest BCUT2D eigenvalue weighted by Crippen LogP contribution is -2.39. The van der Waals surface area contributed by atoms with Crippen molar-refractivity contribution in [2.75, 3.05) is 58.3 Å². The molecule has 1 aromatic carbocycles. The maximum Gasteiger partial charge on any atom is 0.163 e. The Bertz CT molecular complexity index is 830. The van der Waals surface area contributed by atoms with Crippen molar-refractivity contribution in [1.29, 1.82) is 0 Å². The number of aromatic nitrogens is 1. The van der Waals surface area contributed by atoms with Crippen LogP contribution in [0.5, 0.6) is 11.5 Å². The molecule has 6 heteroatoms. The number of fused-ring (bicyclic) bond motifs is 1. The summed E-state index contributed by atoms with van der Waals surface area (Å²) >= 11 is 0. The van der Waals surface area contributed by atoms with Gasteiger partial charge in [-0.05, 0) is 70.3 Å². The van der Waals surface area contributed by atoms with Gasteiger partial charge >= 0.3 is 0 Å². The van der Waals surface area contributed by atoms with E-state index in [0.717, 1.165) is 41.1 Å². The average molecular weight is 427 g/mol. The van der Waals surface area contributed by atoms with E-state index in [9.17, 15) is 0 Å². The second kappa shape index (κ2) is 11.0. The quantitative estimate of drug-likeness (QED) is 0.569. The molecule has 170 valence electrons.